The number of sulfonamides is 1. The predicted molar refractivity (Wildman–Crippen MR) is 244 cm³/mol. The molecule has 5 heterocycles. The highest BCUT2D eigenvalue weighted by Gasteiger charge is 2.50. The number of nitrogens with zero attached hydrogens (tertiary/aromatic N) is 5. The van der Waals surface area contributed by atoms with E-state index in [1.54, 1.807) is 31.3 Å². The van der Waals surface area contributed by atoms with Gasteiger partial charge in [-0.1, -0.05) is 38.1 Å². The average Bonchev–Trinajstić information content (AvgIpc) is 3.76. The van der Waals surface area contributed by atoms with Crippen molar-refractivity contribution >= 4 is 38.3 Å². The van der Waals surface area contributed by atoms with Gasteiger partial charge in [0.25, 0.3) is 21.8 Å². The highest BCUT2D eigenvalue weighted by Crippen LogP contribution is 2.53. The third kappa shape index (κ3) is 9.55. The van der Waals surface area contributed by atoms with E-state index in [9.17, 15) is 28.4 Å². The molecule has 2 aliphatic carbocycles. The second-order valence-electron chi connectivity index (χ2n) is 19.0. The van der Waals surface area contributed by atoms with Crippen LogP contribution in [0.1, 0.15) is 106 Å². The van der Waals surface area contributed by atoms with Gasteiger partial charge in [-0.2, -0.15) is 0 Å². The van der Waals surface area contributed by atoms with Gasteiger partial charge in [0.15, 0.2) is 0 Å². The van der Waals surface area contributed by atoms with Gasteiger partial charge < -0.3 is 29.2 Å². The second kappa shape index (κ2) is 18.0. The number of aromatic nitrogens is 3. The fraction of sp³-hybridized carbons (Fsp3) is 0.479. The molecule has 344 valence electrons. The van der Waals surface area contributed by atoms with E-state index < -0.39 is 37.0 Å². The lowest BCUT2D eigenvalue weighted by Crippen LogP contribution is -2.58. The third-order valence-corrected chi connectivity index (χ3v) is 15.4. The quantitative estimate of drug-likeness (QED) is 0.0758. The molecular weight excluding hydrogens is 851 g/mol. The van der Waals surface area contributed by atoms with Crippen molar-refractivity contribution in [3.63, 3.8) is 0 Å². The molecule has 9 rings (SSSR count). The summed E-state index contributed by atoms with van der Waals surface area (Å²) in [4.78, 5) is 41.1. The van der Waals surface area contributed by atoms with Crippen LogP contribution >= 0.6 is 0 Å². The molecule has 3 aromatic heterocycles. The molecule has 1 amide bonds. The molecule has 4 aliphatic rings. The molecule has 2 aliphatic heterocycles. The minimum atomic E-state index is -4.66. The number of ether oxygens (including phenoxy) is 3. The number of aliphatic hydroxyl groups is 1. The standard InChI is InChI=1S/C48H57N7O9S/c1-31(2)38-6-4-5-7-39(38)42-30-62-21-20-54(42)35-25-48(26-35)15-18-53(19-16-48)34-8-9-40(43(23-34)64-36-22-33-12-17-49-44(33)50-27-36)45(56)52-65(60,61)37-24-41(55(58)59)46(51-28-37)63-29-32-10-13-47(3,57)14-11-32/h4-9,12,17,22-24,27-28,31-32,35,42,57H,10-11,13-16,18-21,25-26,29-30H2,1-3H3,(H,49,50)(H,52,56)/t32?,42-,47?/m1/s1. The highest BCUT2D eigenvalue weighted by atomic mass is 32.2. The molecule has 1 spiro atoms. The van der Waals surface area contributed by atoms with Crippen molar-refractivity contribution in [3.8, 4) is 17.4 Å². The number of morpholine rings is 1. The Labute approximate surface area is 378 Å². The Bertz CT molecular complexity index is 2660. The number of carbonyl (C=O) groups excluding carboxylic acids is 1. The lowest BCUT2D eigenvalue weighted by Gasteiger charge is -2.57. The average molecular weight is 908 g/mol. The Morgan fingerprint density at radius 1 is 1.03 bits per heavy atom. The van der Waals surface area contributed by atoms with Crippen molar-refractivity contribution in [2.45, 2.75) is 101 Å². The number of benzene rings is 2. The number of nitrogens with one attached hydrogen (secondary N) is 2. The maximum absolute atomic E-state index is 14.0. The van der Waals surface area contributed by atoms with Gasteiger partial charge in [-0.3, -0.25) is 19.8 Å². The lowest BCUT2D eigenvalue weighted by molar-refractivity contribution is -0.386. The summed E-state index contributed by atoms with van der Waals surface area (Å²) in [6.45, 7) is 10.4. The van der Waals surface area contributed by atoms with E-state index in [1.165, 1.54) is 23.4 Å². The number of pyridine rings is 2. The molecule has 5 aromatic rings. The minimum absolute atomic E-state index is 0.0535. The zero-order valence-corrected chi connectivity index (χ0v) is 37.9. The van der Waals surface area contributed by atoms with Crippen molar-refractivity contribution < 1.29 is 37.5 Å². The number of anilines is 1. The summed E-state index contributed by atoms with van der Waals surface area (Å²) in [5, 5.41) is 23.1. The van der Waals surface area contributed by atoms with Gasteiger partial charge >= 0.3 is 5.69 Å². The Hall–Kier alpha value is -5.62. The first-order valence-corrected chi connectivity index (χ1v) is 24.1. The summed E-state index contributed by atoms with van der Waals surface area (Å²) in [7, 11) is -4.66. The van der Waals surface area contributed by atoms with Gasteiger partial charge in [-0.05, 0) is 111 Å². The van der Waals surface area contributed by atoms with Crippen LogP contribution in [0.15, 0.2) is 84.1 Å². The summed E-state index contributed by atoms with van der Waals surface area (Å²) < 4.78 is 47.5. The number of rotatable bonds is 13. The van der Waals surface area contributed by atoms with Crippen LogP contribution in [0.25, 0.3) is 11.0 Å². The van der Waals surface area contributed by atoms with Crippen LogP contribution in [0, 0.1) is 21.4 Å². The molecule has 16 nitrogen and oxygen atoms in total. The van der Waals surface area contributed by atoms with Crippen LogP contribution in [0.5, 0.6) is 17.4 Å². The molecule has 1 atom stereocenters. The molecule has 4 fully saturated rings. The maximum Gasteiger partial charge on any atom is 0.332 e. The summed E-state index contributed by atoms with van der Waals surface area (Å²) in [5.41, 5.74) is 3.02. The number of hydrogen-bond donors (Lipinski definition) is 3. The zero-order valence-electron chi connectivity index (χ0n) is 37.1. The molecule has 65 heavy (non-hydrogen) atoms. The van der Waals surface area contributed by atoms with Gasteiger partial charge in [-0.15, -0.1) is 0 Å². The number of amides is 1. The summed E-state index contributed by atoms with van der Waals surface area (Å²) in [5.74, 6) is -0.373. The van der Waals surface area contributed by atoms with Crippen LogP contribution in [-0.2, 0) is 14.8 Å². The topological polar surface area (TPSA) is 202 Å². The Morgan fingerprint density at radius 2 is 1.80 bits per heavy atom. The van der Waals surface area contributed by atoms with Crippen molar-refractivity contribution in [1.29, 1.82) is 0 Å². The van der Waals surface area contributed by atoms with Crippen LogP contribution in [0.2, 0.25) is 0 Å². The van der Waals surface area contributed by atoms with Crippen molar-refractivity contribution in [1.82, 2.24) is 24.6 Å². The fourth-order valence-electron chi connectivity index (χ4n) is 10.3. The number of H-pyrrole nitrogens is 1. The van der Waals surface area contributed by atoms with Gasteiger partial charge in [-0.25, -0.2) is 23.1 Å². The van der Waals surface area contributed by atoms with Crippen LogP contribution < -0.4 is 19.1 Å². The molecular formula is C48H57N7O9S. The van der Waals surface area contributed by atoms with Crippen molar-refractivity contribution in [2.24, 2.45) is 11.3 Å². The smallest absolute Gasteiger partial charge is 0.332 e. The molecule has 0 bridgehead atoms. The van der Waals surface area contributed by atoms with E-state index in [1.807, 2.05) is 6.07 Å². The van der Waals surface area contributed by atoms with E-state index in [4.69, 9.17) is 14.2 Å². The zero-order chi connectivity index (χ0) is 45.5. The monoisotopic (exact) mass is 907 g/mol. The van der Waals surface area contributed by atoms with Crippen molar-refractivity contribution in [2.75, 3.05) is 44.4 Å². The normalized spacial score (nSPS) is 22.8. The Morgan fingerprint density at radius 3 is 2.55 bits per heavy atom. The highest BCUT2D eigenvalue weighted by molar-refractivity contribution is 7.90. The number of aromatic amines is 1. The van der Waals surface area contributed by atoms with Crippen LogP contribution in [0.4, 0.5) is 11.4 Å². The first kappa shape index (κ1) is 44.6. The molecule has 17 heteroatoms. The number of fused-ring (bicyclic) bond motifs is 1. The first-order valence-electron chi connectivity index (χ1n) is 22.6. The summed E-state index contributed by atoms with van der Waals surface area (Å²) >= 11 is 0. The van der Waals surface area contributed by atoms with Gasteiger partial charge in [0.2, 0.25) is 0 Å². The molecule has 2 aromatic carbocycles. The van der Waals surface area contributed by atoms with Gasteiger partial charge in [0.05, 0.1) is 54.3 Å². The number of hydrogen-bond acceptors (Lipinski definition) is 13. The molecule has 2 saturated carbocycles. The summed E-state index contributed by atoms with van der Waals surface area (Å²) in [6, 6.07) is 19.0. The minimum Gasteiger partial charge on any atom is -0.473 e. The molecule has 0 unspecified atom stereocenters. The van der Waals surface area contributed by atoms with E-state index >= 15 is 0 Å². The third-order valence-electron chi connectivity index (χ3n) is 14.1. The van der Waals surface area contributed by atoms with Crippen LogP contribution in [-0.4, -0.2) is 95.3 Å². The lowest BCUT2D eigenvalue weighted by atomic mass is 9.59. The molecule has 0 radical (unpaired) electrons. The van der Waals surface area contributed by atoms with Gasteiger partial charge in [0.1, 0.15) is 22.0 Å². The second-order valence-corrected chi connectivity index (χ2v) is 20.7. The number of piperidine rings is 1. The van der Waals surface area contributed by atoms with E-state index in [0.29, 0.717) is 55.6 Å². The number of carbonyl (C=O) groups is 1. The molecule has 3 N–H and O–H groups in total. The predicted octanol–water partition coefficient (Wildman–Crippen LogP) is 8.04. The largest absolute Gasteiger partial charge is 0.473 e. The SMILES string of the molecule is CC(C)c1ccccc1[C@H]1COCCN1C1CC2(CCN(c3ccc(C(=O)NS(=O)(=O)c4cnc(OCC5CCC(C)(O)CC5)c([N+](=O)[O-])c4)c(Oc4cnc5[nH]ccc5c4)c3)CC2)C1. The van der Waals surface area contributed by atoms with E-state index in [2.05, 4.69) is 67.6 Å². The van der Waals surface area contributed by atoms with Crippen molar-refractivity contribution in [3.05, 3.63) is 106 Å². The van der Waals surface area contributed by atoms with E-state index in [-0.39, 0.29) is 41.2 Å². The Kier molecular flexibility index (Phi) is 12.3. The number of nitro groups is 1. The molecule has 2 saturated heterocycles. The maximum atomic E-state index is 14.0. The van der Waals surface area contributed by atoms with Crippen LogP contribution in [0.3, 0.4) is 0 Å². The first-order chi connectivity index (χ1) is 31.2. The Balaban J connectivity index is 0.898. The summed E-state index contributed by atoms with van der Waals surface area (Å²) in [6.07, 6.45) is 11.0. The van der Waals surface area contributed by atoms with E-state index in [0.717, 1.165) is 75.3 Å². The van der Waals surface area contributed by atoms with Gasteiger partial charge in [0, 0.05) is 55.1 Å². The fourth-order valence-corrected chi connectivity index (χ4v) is 11.2.